The van der Waals surface area contributed by atoms with Crippen molar-refractivity contribution >= 4 is 39.3 Å². The van der Waals surface area contributed by atoms with Crippen LogP contribution in [0.3, 0.4) is 0 Å². The Kier molecular flexibility index (Phi) is 3.65. The van der Waals surface area contributed by atoms with Gasteiger partial charge < -0.3 is 10.8 Å². The van der Waals surface area contributed by atoms with Crippen molar-refractivity contribution in [1.29, 1.82) is 0 Å². The minimum Gasteiger partial charge on any atom is -0.478 e. The number of carboxylic acid groups (broad SMARTS) is 1. The average Bonchev–Trinajstić information content (AvgIpc) is 2.46. The van der Waals surface area contributed by atoms with Crippen LogP contribution in [0.25, 0.3) is 6.08 Å². The van der Waals surface area contributed by atoms with Crippen molar-refractivity contribution in [1.82, 2.24) is 0 Å². The molecule has 1 aromatic rings. The lowest BCUT2D eigenvalue weighted by atomic mass is 10.2. The van der Waals surface area contributed by atoms with Gasteiger partial charge in [0.25, 0.3) is 0 Å². The van der Waals surface area contributed by atoms with E-state index in [2.05, 4.69) is 15.9 Å². The molecule has 13 heavy (non-hydrogen) atoms. The third-order valence-corrected chi connectivity index (χ3v) is 2.98. The lowest BCUT2D eigenvalue weighted by molar-refractivity contribution is -0.132. The molecule has 0 radical (unpaired) electrons. The van der Waals surface area contributed by atoms with Crippen molar-refractivity contribution in [3.8, 4) is 0 Å². The van der Waals surface area contributed by atoms with Gasteiger partial charge in [0.15, 0.2) is 0 Å². The van der Waals surface area contributed by atoms with Crippen LogP contribution in [-0.2, 0) is 4.79 Å². The minimum absolute atomic E-state index is 0.0465. The number of carboxylic acids is 1. The normalized spacial score (nSPS) is 11.7. The van der Waals surface area contributed by atoms with Gasteiger partial charge in [-0.05, 0) is 34.1 Å². The standard InChI is InChI=1S/C8H8BrNO2S/c9-7-2-1-6(13-7)3-5(4-10)8(11)12/h1-3H,4,10H2,(H,11,12)/b5-3+. The van der Waals surface area contributed by atoms with Crippen molar-refractivity contribution in [2.75, 3.05) is 6.54 Å². The summed E-state index contributed by atoms with van der Waals surface area (Å²) < 4.78 is 0.973. The van der Waals surface area contributed by atoms with Crippen LogP contribution in [0.2, 0.25) is 0 Å². The SMILES string of the molecule is NC/C(=C\c1ccc(Br)s1)C(=O)O. The van der Waals surface area contributed by atoms with Crippen LogP contribution >= 0.6 is 27.3 Å². The maximum Gasteiger partial charge on any atom is 0.332 e. The Morgan fingerprint density at radius 1 is 1.69 bits per heavy atom. The zero-order valence-electron chi connectivity index (χ0n) is 6.66. The Bertz CT molecular complexity index is 346. The van der Waals surface area contributed by atoms with E-state index in [1.54, 1.807) is 6.08 Å². The van der Waals surface area contributed by atoms with Crippen LogP contribution in [0, 0.1) is 0 Å². The second-order valence-electron chi connectivity index (χ2n) is 2.32. The lowest BCUT2D eigenvalue weighted by Gasteiger charge is -1.94. The van der Waals surface area contributed by atoms with E-state index in [0.29, 0.717) is 0 Å². The second-order valence-corrected chi connectivity index (χ2v) is 4.82. The maximum atomic E-state index is 10.6. The van der Waals surface area contributed by atoms with Crippen molar-refractivity contribution in [2.45, 2.75) is 0 Å². The number of hydrogen-bond acceptors (Lipinski definition) is 3. The number of halogens is 1. The zero-order chi connectivity index (χ0) is 9.84. The van der Waals surface area contributed by atoms with Crippen LogP contribution in [0.5, 0.6) is 0 Å². The topological polar surface area (TPSA) is 63.3 Å². The molecule has 70 valence electrons. The molecule has 1 heterocycles. The number of rotatable bonds is 3. The van der Waals surface area contributed by atoms with E-state index in [9.17, 15) is 4.79 Å². The average molecular weight is 262 g/mol. The molecule has 0 spiro atoms. The fourth-order valence-electron chi connectivity index (χ4n) is 0.786. The number of carbonyl (C=O) groups is 1. The van der Waals surface area contributed by atoms with E-state index in [0.717, 1.165) is 8.66 Å². The summed E-state index contributed by atoms with van der Waals surface area (Å²) >= 11 is 4.76. The van der Waals surface area contributed by atoms with Gasteiger partial charge >= 0.3 is 5.97 Å². The van der Waals surface area contributed by atoms with Gasteiger partial charge in [-0.3, -0.25) is 0 Å². The summed E-state index contributed by atoms with van der Waals surface area (Å²) in [5, 5.41) is 8.69. The first-order valence-corrected chi connectivity index (χ1v) is 5.13. The monoisotopic (exact) mass is 261 g/mol. The van der Waals surface area contributed by atoms with Gasteiger partial charge in [-0.25, -0.2) is 4.79 Å². The van der Waals surface area contributed by atoms with Crippen molar-refractivity contribution in [3.63, 3.8) is 0 Å². The van der Waals surface area contributed by atoms with Crippen LogP contribution in [0.15, 0.2) is 21.5 Å². The Balaban J connectivity index is 2.91. The molecule has 0 saturated carbocycles. The van der Waals surface area contributed by atoms with E-state index in [1.807, 2.05) is 12.1 Å². The molecule has 0 unspecified atom stereocenters. The fraction of sp³-hybridized carbons (Fsp3) is 0.125. The number of hydrogen-bond donors (Lipinski definition) is 2. The summed E-state index contributed by atoms with van der Waals surface area (Å²) in [5.41, 5.74) is 5.49. The molecule has 0 aliphatic heterocycles. The Morgan fingerprint density at radius 3 is 2.77 bits per heavy atom. The molecule has 0 bridgehead atoms. The van der Waals surface area contributed by atoms with Crippen LogP contribution in [0.4, 0.5) is 0 Å². The van der Waals surface area contributed by atoms with Crippen molar-refractivity contribution in [2.24, 2.45) is 5.73 Å². The first-order chi connectivity index (χ1) is 6.13. The van der Waals surface area contributed by atoms with Crippen LogP contribution in [0.1, 0.15) is 4.88 Å². The molecule has 3 N–H and O–H groups in total. The Morgan fingerprint density at radius 2 is 2.38 bits per heavy atom. The molecule has 5 heteroatoms. The highest BCUT2D eigenvalue weighted by Gasteiger charge is 2.05. The highest BCUT2D eigenvalue weighted by Crippen LogP contribution is 2.23. The van der Waals surface area contributed by atoms with E-state index in [4.69, 9.17) is 10.8 Å². The summed E-state index contributed by atoms with van der Waals surface area (Å²) in [7, 11) is 0. The molecule has 0 atom stereocenters. The molecule has 0 fully saturated rings. The van der Waals surface area contributed by atoms with Crippen LogP contribution in [-0.4, -0.2) is 17.6 Å². The predicted octanol–water partition coefficient (Wildman–Crippen LogP) is 1.94. The van der Waals surface area contributed by atoms with Crippen LogP contribution < -0.4 is 5.73 Å². The first kappa shape index (κ1) is 10.4. The molecular formula is C8H8BrNO2S. The number of aliphatic carboxylic acids is 1. The maximum absolute atomic E-state index is 10.6. The van der Waals surface area contributed by atoms with E-state index >= 15 is 0 Å². The van der Waals surface area contributed by atoms with Gasteiger partial charge in [-0.15, -0.1) is 11.3 Å². The van der Waals surface area contributed by atoms with Gasteiger partial charge in [-0.1, -0.05) is 0 Å². The molecule has 1 aromatic heterocycles. The molecule has 0 aliphatic carbocycles. The lowest BCUT2D eigenvalue weighted by Crippen LogP contribution is -2.11. The molecule has 0 saturated heterocycles. The third kappa shape index (κ3) is 2.95. The molecule has 0 aromatic carbocycles. The zero-order valence-corrected chi connectivity index (χ0v) is 9.06. The Hall–Kier alpha value is -0.650. The van der Waals surface area contributed by atoms with E-state index in [1.165, 1.54) is 11.3 Å². The molecule has 0 aliphatic rings. The first-order valence-electron chi connectivity index (χ1n) is 3.52. The second kappa shape index (κ2) is 4.55. The highest BCUT2D eigenvalue weighted by molar-refractivity contribution is 9.11. The number of nitrogens with two attached hydrogens (primary N) is 1. The fourth-order valence-corrected chi connectivity index (χ4v) is 2.18. The van der Waals surface area contributed by atoms with Crippen molar-refractivity contribution < 1.29 is 9.90 Å². The summed E-state index contributed by atoms with van der Waals surface area (Å²) in [5.74, 6) is -0.966. The van der Waals surface area contributed by atoms with Gasteiger partial charge in [0.2, 0.25) is 0 Å². The van der Waals surface area contributed by atoms with Gasteiger partial charge in [0.05, 0.1) is 9.36 Å². The predicted molar refractivity (Wildman–Crippen MR) is 56.7 cm³/mol. The molecular weight excluding hydrogens is 254 g/mol. The number of thiophene rings is 1. The minimum atomic E-state index is -0.966. The quantitative estimate of drug-likeness (QED) is 0.818. The highest BCUT2D eigenvalue weighted by atomic mass is 79.9. The smallest absolute Gasteiger partial charge is 0.332 e. The van der Waals surface area contributed by atoms with E-state index in [-0.39, 0.29) is 12.1 Å². The molecule has 1 rings (SSSR count). The van der Waals surface area contributed by atoms with Gasteiger partial charge in [-0.2, -0.15) is 0 Å². The van der Waals surface area contributed by atoms with E-state index < -0.39 is 5.97 Å². The van der Waals surface area contributed by atoms with Crippen molar-refractivity contribution in [3.05, 3.63) is 26.4 Å². The summed E-state index contributed by atoms with van der Waals surface area (Å²) in [4.78, 5) is 11.5. The summed E-state index contributed by atoms with van der Waals surface area (Å²) in [6.07, 6.45) is 1.58. The largest absolute Gasteiger partial charge is 0.478 e. The molecule has 3 nitrogen and oxygen atoms in total. The Labute approximate surface area is 88.0 Å². The van der Waals surface area contributed by atoms with Gasteiger partial charge in [0.1, 0.15) is 0 Å². The summed E-state index contributed by atoms with van der Waals surface area (Å²) in [6.45, 7) is 0.0465. The molecule has 0 amide bonds. The third-order valence-electron chi connectivity index (χ3n) is 1.41. The van der Waals surface area contributed by atoms with Gasteiger partial charge in [0, 0.05) is 11.4 Å². The summed E-state index contributed by atoms with van der Waals surface area (Å²) in [6, 6.07) is 3.71.